The first kappa shape index (κ1) is 12.9. The van der Waals surface area contributed by atoms with Crippen molar-refractivity contribution >= 4 is 20.7 Å². The van der Waals surface area contributed by atoms with Crippen LogP contribution in [0.25, 0.3) is 0 Å². The molecule has 1 atom stereocenters. The van der Waals surface area contributed by atoms with Gasteiger partial charge in [-0.25, -0.2) is 9.59 Å². The van der Waals surface area contributed by atoms with E-state index in [1.165, 1.54) is 0 Å². The van der Waals surface area contributed by atoms with Gasteiger partial charge in [0, 0.05) is 12.2 Å². The second-order valence-electron chi connectivity index (χ2n) is 3.30. The molecule has 0 rings (SSSR count). The van der Waals surface area contributed by atoms with E-state index in [9.17, 15) is 9.59 Å². The molecule has 0 fully saturated rings. The number of ether oxygens (including phenoxy) is 1. The predicted octanol–water partition coefficient (Wildman–Crippen LogP) is 0.975. The number of aliphatic carboxylic acids is 1. The van der Waals surface area contributed by atoms with E-state index in [1.54, 1.807) is 0 Å². The van der Waals surface area contributed by atoms with Crippen LogP contribution >= 0.6 is 0 Å². The number of carboxylic acid groups (broad SMARTS) is 1. The minimum absolute atomic E-state index is 0.0130. The average molecular weight is 216 g/mol. The summed E-state index contributed by atoms with van der Waals surface area (Å²) in [7, 11) is -1.02. The Kier molecular flexibility index (Phi) is 5.86. The van der Waals surface area contributed by atoms with E-state index in [1.807, 2.05) is 6.92 Å². The fourth-order valence-electron chi connectivity index (χ4n) is 1.02. The Morgan fingerprint density at radius 2 is 2.00 bits per heavy atom. The number of esters is 1. The van der Waals surface area contributed by atoms with Gasteiger partial charge in [-0.05, 0) is 6.42 Å². The van der Waals surface area contributed by atoms with Crippen molar-refractivity contribution < 1.29 is 19.4 Å². The van der Waals surface area contributed by atoms with Gasteiger partial charge in [0.1, 0.15) is 0 Å². The summed E-state index contributed by atoms with van der Waals surface area (Å²) in [5.74, 6) is -1.71. The summed E-state index contributed by atoms with van der Waals surface area (Å²) in [4.78, 5) is 21.2. The lowest BCUT2D eigenvalue weighted by atomic mass is 10.5. The second-order valence-corrected chi connectivity index (χ2v) is 6.53. The van der Waals surface area contributed by atoms with Crippen LogP contribution in [0.15, 0.2) is 12.2 Å². The number of hydrogen-bond donors (Lipinski definition) is 1. The third kappa shape index (κ3) is 5.53. The van der Waals surface area contributed by atoms with E-state index in [-0.39, 0.29) is 5.73 Å². The quantitative estimate of drug-likeness (QED) is 0.422. The maximum absolute atomic E-state index is 11.1. The Labute approximate surface area is 85.2 Å². The zero-order chi connectivity index (χ0) is 11.1. The van der Waals surface area contributed by atoms with E-state index >= 15 is 0 Å². The molecule has 0 amide bonds. The van der Waals surface area contributed by atoms with Crippen LogP contribution < -0.4 is 0 Å². The molecule has 0 saturated carbocycles. The van der Waals surface area contributed by atoms with Gasteiger partial charge in [-0.15, -0.1) is 0 Å². The molecule has 0 aliphatic heterocycles. The van der Waals surface area contributed by atoms with Crippen molar-refractivity contribution in [3.8, 4) is 0 Å². The second kappa shape index (κ2) is 6.37. The largest absolute Gasteiger partial charge is 0.478 e. The highest BCUT2D eigenvalue weighted by molar-refractivity contribution is 6.57. The maximum atomic E-state index is 11.1. The molecule has 0 bridgehead atoms. The van der Waals surface area contributed by atoms with Crippen LogP contribution in [0, 0.1) is 0 Å². The summed E-state index contributed by atoms with van der Waals surface area (Å²) in [5.41, 5.74) is -0.0130. The van der Waals surface area contributed by atoms with Crippen molar-refractivity contribution in [2.45, 2.75) is 32.2 Å². The monoisotopic (exact) mass is 216 g/mol. The molecule has 0 aromatic carbocycles. The van der Waals surface area contributed by atoms with Gasteiger partial charge < -0.3 is 9.84 Å². The van der Waals surface area contributed by atoms with Crippen molar-refractivity contribution in [3.05, 3.63) is 12.2 Å². The lowest BCUT2D eigenvalue weighted by Crippen LogP contribution is -2.29. The molecule has 0 spiro atoms. The smallest absolute Gasteiger partial charge is 0.330 e. The van der Waals surface area contributed by atoms with Crippen molar-refractivity contribution in [3.63, 3.8) is 0 Å². The number of carbonyl (C=O) groups excluding carboxylic acids is 1. The molecule has 0 saturated heterocycles. The standard InChI is InChI=1S/C9H16O4Si/c1-4-9(14(2)3)13-8(12)6-5-7(10)11/h5-6,9,14H,4H2,1-3H3,(H,10,11)/b6-5-. The molecule has 0 aromatic heterocycles. The highest BCUT2D eigenvalue weighted by atomic mass is 28.3. The minimum atomic E-state index is -1.14. The van der Waals surface area contributed by atoms with Crippen LogP contribution in [0.1, 0.15) is 13.3 Å². The summed E-state index contributed by atoms with van der Waals surface area (Å²) >= 11 is 0. The van der Waals surface area contributed by atoms with E-state index < -0.39 is 20.7 Å². The first-order chi connectivity index (χ1) is 6.47. The molecule has 5 heteroatoms. The Hall–Kier alpha value is -1.10. The Morgan fingerprint density at radius 3 is 2.36 bits per heavy atom. The Morgan fingerprint density at radius 1 is 1.43 bits per heavy atom. The van der Waals surface area contributed by atoms with Crippen molar-refractivity contribution in [1.82, 2.24) is 0 Å². The van der Waals surface area contributed by atoms with Crippen LogP contribution in [0.2, 0.25) is 13.1 Å². The van der Waals surface area contributed by atoms with Gasteiger partial charge in [-0.2, -0.15) is 0 Å². The zero-order valence-electron chi connectivity index (χ0n) is 8.69. The van der Waals surface area contributed by atoms with E-state index in [0.29, 0.717) is 0 Å². The van der Waals surface area contributed by atoms with Crippen LogP contribution in [0.5, 0.6) is 0 Å². The molecule has 0 radical (unpaired) electrons. The third-order valence-electron chi connectivity index (χ3n) is 1.78. The SMILES string of the molecule is CCC(OC(=O)/C=C\C(=O)O)[SiH](C)C. The van der Waals surface area contributed by atoms with Gasteiger partial charge >= 0.3 is 11.9 Å². The van der Waals surface area contributed by atoms with Crippen LogP contribution in [-0.4, -0.2) is 31.6 Å². The summed E-state index contributed by atoms with van der Waals surface area (Å²) in [6.45, 7) is 6.12. The molecule has 1 N–H and O–H groups in total. The number of carbonyl (C=O) groups is 2. The molecule has 1 unspecified atom stereocenters. The van der Waals surface area contributed by atoms with E-state index in [2.05, 4.69) is 13.1 Å². The highest BCUT2D eigenvalue weighted by Crippen LogP contribution is 2.03. The fraction of sp³-hybridized carbons (Fsp3) is 0.556. The lowest BCUT2D eigenvalue weighted by molar-refractivity contribution is -0.140. The molecule has 4 nitrogen and oxygen atoms in total. The molecule has 14 heavy (non-hydrogen) atoms. The van der Waals surface area contributed by atoms with Gasteiger partial charge in [-0.3, -0.25) is 0 Å². The van der Waals surface area contributed by atoms with Gasteiger partial charge in [0.15, 0.2) is 0 Å². The summed E-state index contributed by atoms with van der Waals surface area (Å²) in [5, 5.41) is 8.28. The number of hydrogen-bond acceptors (Lipinski definition) is 3. The fourth-order valence-corrected chi connectivity index (χ4v) is 2.37. The van der Waals surface area contributed by atoms with Gasteiger partial charge in [0.05, 0.1) is 14.5 Å². The summed E-state index contributed by atoms with van der Waals surface area (Å²) in [6, 6.07) is 0. The first-order valence-corrected chi connectivity index (χ1v) is 7.56. The van der Waals surface area contributed by atoms with Gasteiger partial charge in [0.25, 0.3) is 0 Å². The van der Waals surface area contributed by atoms with E-state index in [4.69, 9.17) is 9.84 Å². The van der Waals surface area contributed by atoms with Crippen LogP contribution in [0.4, 0.5) is 0 Å². The normalized spacial score (nSPS) is 13.1. The van der Waals surface area contributed by atoms with Crippen LogP contribution in [0.3, 0.4) is 0 Å². The maximum Gasteiger partial charge on any atom is 0.330 e. The number of rotatable bonds is 5. The van der Waals surface area contributed by atoms with E-state index in [0.717, 1.165) is 18.6 Å². The topological polar surface area (TPSA) is 63.6 Å². The van der Waals surface area contributed by atoms with Crippen molar-refractivity contribution in [2.75, 3.05) is 0 Å². The first-order valence-electron chi connectivity index (χ1n) is 4.59. The molecular weight excluding hydrogens is 200 g/mol. The lowest BCUT2D eigenvalue weighted by Gasteiger charge is -2.17. The molecule has 0 aliphatic rings. The Balaban J connectivity index is 4.10. The molecule has 0 heterocycles. The highest BCUT2D eigenvalue weighted by Gasteiger charge is 2.15. The summed E-state index contributed by atoms with van der Waals surface area (Å²) in [6.07, 6.45) is 2.52. The molecule has 0 aliphatic carbocycles. The van der Waals surface area contributed by atoms with Crippen molar-refractivity contribution in [2.24, 2.45) is 0 Å². The third-order valence-corrected chi connectivity index (χ3v) is 3.87. The minimum Gasteiger partial charge on any atom is -0.478 e. The van der Waals surface area contributed by atoms with Crippen molar-refractivity contribution in [1.29, 1.82) is 0 Å². The van der Waals surface area contributed by atoms with Gasteiger partial charge in [-0.1, -0.05) is 20.0 Å². The molecule has 0 aromatic rings. The van der Waals surface area contributed by atoms with Crippen LogP contribution in [-0.2, 0) is 14.3 Å². The Bertz CT molecular complexity index is 235. The van der Waals surface area contributed by atoms with Gasteiger partial charge in [0.2, 0.25) is 0 Å². The average Bonchev–Trinajstić information content (AvgIpc) is 2.10. The predicted molar refractivity (Wildman–Crippen MR) is 55.8 cm³/mol. The molecule has 80 valence electrons. The summed E-state index contributed by atoms with van der Waals surface area (Å²) < 4.78 is 5.08. The number of carboxylic acids is 1. The zero-order valence-corrected chi connectivity index (χ0v) is 9.84. The molecular formula is C9H16O4Si.